The number of nitrogens with two attached hydrogens (primary N) is 1. The van der Waals surface area contributed by atoms with Crippen molar-refractivity contribution in [2.24, 2.45) is 0 Å². The number of para-hydroxylation sites is 1. The molecule has 0 spiro atoms. The standard InChI is InChI=1S/C14H22N2O3/c1-10(2)19-9-4-3-8-16-13-11(14(17)18)6-5-7-12(13)15/h5-7,10,16H,3-4,8-9,15H2,1-2H3,(H,17,18). The Bertz CT molecular complexity index is 419. The topological polar surface area (TPSA) is 84.6 Å². The molecule has 0 aliphatic rings. The van der Waals surface area contributed by atoms with Gasteiger partial charge >= 0.3 is 5.97 Å². The fourth-order valence-corrected chi connectivity index (χ4v) is 1.71. The van der Waals surface area contributed by atoms with Crippen molar-refractivity contribution in [3.05, 3.63) is 23.8 Å². The Morgan fingerprint density at radius 1 is 1.42 bits per heavy atom. The smallest absolute Gasteiger partial charge is 0.337 e. The molecule has 0 heterocycles. The van der Waals surface area contributed by atoms with E-state index in [1.807, 2.05) is 13.8 Å². The number of rotatable bonds is 8. The van der Waals surface area contributed by atoms with Gasteiger partial charge in [0.2, 0.25) is 0 Å². The molecule has 0 aliphatic carbocycles. The number of unbranched alkanes of at least 4 members (excludes halogenated alkanes) is 1. The predicted octanol–water partition coefficient (Wildman–Crippen LogP) is 2.58. The maximum Gasteiger partial charge on any atom is 0.337 e. The van der Waals surface area contributed by atoms with Crippen LogP contribution >= 0.6 is 0 Å². The molecular weight excluding hydrogens is 244 g/mol. The molecule has 0 amide bonds. The van der Waals surface area contributed by atoms with Crippen LogP contribution in [0.5, 0.6) is 0 Å². The zero-order chi connectivity index (χ0) is 14.3. The molecule has 106 valence electrons. The van der Waals surface area contributed by atoms with Gasteiger partial charge < -0.3 is 20.9 Å². The predicted molar refractivity (Wildman–Crippen MR) is 76.6 cm³/mol. The van der Waals surface area contributed by atoms with Crippen LogP contribution < -0.4 is 11.1 Å². The Kier molecular flexibility index (Phi) is 6.15. The summed E-state index contributed by atoms with van der Waals surface area (Å²) in [5, 5.41) is 12.2. The number of benzene rings is 1. The SMILES string of the molecule is CC(C)OCCCCNc1c(N)cccc1C(=O)O. The van der Waals surface area contributed by atoms with E-state index in [9.17, 15) is 4.79 Å². The zero-order valence-electron chi connectivity index (χ0n) is 11.5. The molecule has 0 fully saturated rings. The molecule has 0 aromatic heterocycles. The van der Waals surface area contributed by atoms with E-state index in [0.29, 0.717) is 17.9 Å². The molecule has 0 aliphatic heterocycles. The van der Waals surface area contributed by atoms with Crippen LogP contribution in [0.15, 0.2) is 18.2 Å². The third-order valence-corrected chi connectivity index (χ3v) is 2.65. The summed E-state index contributed by atoms with van der Waals surface area (Å²) in [6, 6.07) is 4.87. The molecule has 1 aromatic carbocycles. The third kappa shape index (κ3) is 5.18. The lowest BCUT2D eigenvalue weighted by Crippen LogP contribution is -2.11. The van der Waals surface area contributed by atoms with Gasteiger partial charge in [-0.3, -0.25) is 0 Å². The number of anilines is 2. The van der Waals surface area contributed by atoms with Gasteiger partial charge in [0.05, 0.1) is 23.0 Å². The van der Waals surface area contributed by atoms with Crippen LogP contribution in [0.2, 0.25) is 0 Å². The first kappa shape index (κ1) is 15.3. The summed E-state index contributed by atoms with van der Waals surface area (Å²) in [6.07, 6.45) is 2.08. The number of ether oxygens (including phenoxy) is 1. The van der Waals surface area contributed by atoms with Crippen molar-refractivity contribution in [2.75, 3.05) is 24.2 Å². The zero-order valence-corrected chi connectivity index (χ0v) is 11.5. The van der Waals surface area contributed by atoms with Crippen molar-refractivity contribution >= 4 is 17.3 Å². The van der Waals surface area contributed by atoms with Gasteiger partial charge in [0.1, 0.15) is 0 Å². The van der Waals surface area contributed by atoms with Crippen molar-refractivity contribution in [1.82, 2.24) is 0 Å². The normalized spacial score (nSPS) is 10.7. The molecule has 5 heteroatoms. The first-order valence-electron chi connectivity index (χ1n) is 6.49. The molecule has 4 N–H and O–H groups in total. The summed E-state index contributed by atoms with van der Waals surface area (Å²) in [5.41, 5.74) is 6.95. The van der Waals surface area contributed by atoms with E-state index in [1.54, 1.807) is 18.2 Å². The van der Waals surface area contributed by atoms with Crippen molar-refractivity contribution < 1.29 is 14.6 Å². The van der Waals surface area contributed by atoms with Gasteiger partial charge in [-0.25, -0.2) is 4.79 Å². The van der Waals surface area contributed by atoms with Gasteiger partial charge in [-0.05, 0) is 38.8 Å². The van der Waals surface area contributed by atoms with E-state index in [1.165, 1.54) is 0 Å². The molecule has 0 saturated heterocycles. The minimum Gasteiger partial charge on any atom is -0.478 e. The summed E-state index contributed by atoms with van der Waals surface area (Å²) in [4.78, 5) is 11.1. The molecule has 0 atom stereocenters. The highest BCUT2D eigenvalue weighted by Gasteiger charge is 2.11. The molecule has 0 bridgehead atoms. The summed E-state index contributed by atoms with van der Waals surface area (Å²) >= 11 is 0. The number of nitrogens with one attached hydrogen (secondary N) is 1. The minimum absolute atomic E-state index is 0.207. The van der Waals surface area contributed by atoms with Crippen LogP contribution in [0.25, 0.3) is 0 Å². The van der Waals surface area contributed by atoms with Crippen LogP contribution in [0, 0.1) is 0 Å². The van der Waals surface area contributed by atoms with E-state index in [-0.39, 0.29) is 11.7 Å². The highest BCUT2D eigenvalue weighted by atomic mass is 16.5. The fourth-order valence-electron chi connectivity index (χ4n) is 1.71. The number of aromatic carboxylic acids is 1. The first-order valence-corrected chi connectivity index (χ1v) is 6.49. The van der Waals surface area contributed by atoms with Gasteiger partial charge in [0.15, 0.2) is 0 Å². The lowest BCUT2D eigenvalue weighted by atomic mass is 10.1. The molecule has 5 nitrogen and oxygen atoms in total. The number of hydrogen-bond donors (Lipinski definition) is 3. The van der Waals surface area contributed by atoms with Crippen molar-refractivity contribution in [3.8, 4) is 0 Å². The van der Waals surface area contributed by atoms with Gasteiger partial charge in [-0.15, -0.1) is 0 Å². The Balaban J connectivity index is 2.43. The lowest BCUT2D eigenvalue weighted by Gasteiger charge is -2.12. The Labute approximate surface area is 113 Å². The largest absolute Gasteiger partial charge is 0.478 e. The molecule has 0 saturated carbocycles. The number of carbonyl (C=O) groups is 1. The number of nitrogen functional groups attached to an aromatic ring is 1. The van der Waals surface area contributed by atoms with Gasteiger partial charge in [-0.1, -0.05) is 6.07 Å². The van der Waals surface area contributed by atoms with Crippen LogP contribution in [-0.2, 0) is 4.74 Å². The number of carboxylic acids is 1. The Hall–Kier alpha value is -1.75. The molecule has 19 heavy (non-hydrogen) atoms. The monoisotopic (exact) mass is 266 g/mol. The average Bonchev–Trinajstić information content (AvgIpc) is 2.34. The van der Waals surface area contributed by atoms with E-state index in [4.69, 9.17) is 15.6 Å². The number of hydrogen-bond acceptors (Lipinski definition) is 4. The second-order valence-electron chi connectivity index (χ2n) is 4.63. The molecular formula is C14H22N2O3. The quantitative estimate of drug-likeness (QED) is 0.497. The van der Waals surface area contributed by atoms with E-state index in [2.05, 4.69) is 5.32 Å². The maximum atomic E-state index is 11.1. The second-order valence-corrected chi connectivity index (χ2v) is 4.63. The van der Waals surface area contributed by atoms with E-state index in [0.717, 1.165) is 19.4 Å². The average molecular weight is 266 g/mol. The van der Waals surface area contributed by atoms with Gasteiger partial charge in [-0.2, -0.15) is 0 Å². The Morgan fingerprint density at radius 2 is 2.16 bits per heavy atom. The number of carboxylic acid groups (broad SMARTS) is 1. The first-order chi connectivity index (χ1) is 9.02. The maximum absolute atomic E-state index is 11.1. The molecule has 1 aromatic rings. The molecule has 0 radical (unpaired) electrons. The van der Waals surface area contributed by atoms with E-state index < -0.39 is 5.97 Å². The van der Waals surface area contributed by atoms with Crippen molar-refractivity contribution in [2.45, 2.75) is 32.8 Å². The van der Waals surface area contributed by atoms with Gasteiger partial charge in [0.25, 0.3) is 0 Å². The van der Waals surface area contributed by atoms with Crippen molar-refractivity contribution in [1.29, 1.82) is 0 Å². The van der Waals surface area contributed by atoms with Crippen LogP contribution in [-0.4, -0.2) is 30.3 Å². The van der Waals surface area contributed by atoms with E-state index >= 15 is 0 Å². The minimum atomic E-state index is -0.974. The highest BCUT2D eigenvalue weighted by Crippen LogP contribution is 2.23. The van der Waals surface area contributed by atoms with Gasteiger partial charge in [0, 0.05) is 13.2 Å². The van der Waals surface area contributed by atoms with Crippen LogP contribution in [0.1, 0.15) is 37.0 Å². The summed E-state index contributed by atoms with van der Waals surface area (Å²) in [6.45, 7) is 5.40. The summed E-state index contributed by atoms with van der Waals surface area (Å²) in [5.74, 6) is -0.974. The van der Waals surface area contributed by atoms with Crippen LogP contribution in [0.4, 0.5) is 11.4 Å². The summed E-state index contributed by atoms with van der Waals surface area (Å²) < 4.78 is 5.43. The molecule has 0 unspecified atom stereocenters. The Morgan fingerprint density at radius 3 is 2.79 bits per heavy atom. The highest BCUT2D eigenvalue weighted by molar-refractivity contribution is 5.97. The third-order valence-electron chi connectivity index (χ3n) is 2.65. The molecule has 1 rings (SSSR count). The van der Waals surface area contributed by atoms with Crippen molar-refractivity contribution in [3.63, 3.8) is 0 Å². The lowest BCUT2D eigenvalue weighted by molar-refractivity contribution is 0.0697. The van der Waals surface area contributed by atoms with Crippen LogP contribution in [0.3, 0.4) is 0 Å². The summed E-state index contributed by atoms with van der Waals surface area (Å²) in [7, 11) is 0. The second kappa shape index (κ2) is 7.63. The fraction of sp³-hybridized carbons (Fsp3) is 0.500.